The highest BCUT2D eigenvalue weighted by molar-refractivity contribution is 6.05. The number of amides is 1. The smallest absolute Gasteiger partial charge is 0.236 e. The fraction of sp³-hybridized carbons (Fsp3) is 0.455. The molecule has 1 aliphatic carbocycles. The summed E-state index contributed by atoms with van der Waals surface area (Å²) in [5.41, 5.74) is 7.04. The zero-order valence-electron chi connectivity index (χ0n) is 8.42. The van der Waals surface area contributed by atoms with Gasteiger partial charge in [-0.15, -0.1) is 0 Å². The summed E-state index contributed by atoms with van der Waals surface area (Å²) in [4.78, 5) is 16.1. The molecule has 0 unspecified atom stereocenters. The standard InChI is InChI=1S/C11H13N3O/c12-7-5-8-9(13-6-7)14-10(15)11(8)3-1-2-4-11/h5-6H,1-4,12H2,(H,13,14,15). The molecule has 15 heavy (non-hydrogen) atoms. The maximum absolute atomic E-state index is 12.0. The first kappa shape index (κ1) is 8.71. The van der Waals surface area contributed by atoms with E-state index in [0.717, 1.165) is 31.2 Å². The molecule has 1 aromatic heterocycles. The van der Waals surface area contributed by atoms with Crippen molar-refractivity contribution in [3.63, 3.8) is 0 Å². The Kier molecular flexibility index (Phi) is 1.58. The summed E-state index contributed by atoms with van der Waals surface area (Å²) >= 11 is 0. The van der Waals surface area contributed by atoms with Crippen molar-refractivity contribution in [2.75, 3.05) is 11.1 Å². The minimum absolute atomic E-state index is 0.105. The highest BCUT2D eigenvalue weighted by atomic mass is 16.2. The maximum atomic E-state index is 12.0. The van der Waals surface area contributed by atoms with Crippen molar-refractivity contribution in [3.05, 3.63) is 17.8 Å². The number of hydrogen-bond donors (Lipinski definition) is 2. The van der Waals surface area contributed by atoms with Crippen LogP contribution in [-0.4, -0.2) is 10.9 Å². The molecule has 1 amide bonds. The van der Waals surface area contributed by atoms with Gasteiger partial charge >= 0.3 is 0 Å². The number of hydrogen-bond acceptors (Lipinski definition) is 3. The molecule has 1 aromatic rings. The van der Waals surface area contributed by atoms with E-state index in [9.17, 15) is 4.79 Å². The molecular formula is C11H13N3O. The molecule has 3 rings (SSSR count). The highest BCUT2D eigenvalue weighted by Crippen LogP contribution is 2.48. The van der Waals surface area contributed by atoms with Gasteiger partial charge in [-0.2, -0.15) is 0 Å². The number of anilines is 2. The lowest BCUT2D eigenvalue weighted by atomic mass is 9.81. The monoisotopic (exact) mass is 203 g/mol. The third-order valence-corrected chi connectivity index (χ3v) is 3.55. The number of fused-ring (bicyclic) bond motifs is 2. The fourth-order valence-electron chi connectivity index (χ4n) is 2.77. The van der Waals surface area contributed by atoms with Gasteiger partial charge in [-0.3, -0.25) is 4.79 Å². The summed E-state index contributed by atoms with van der Waals surface area (Å²) in [5, 5.41) is 2.85. The summed E-state index contributed by atoms with van der Waals surface area (Å²) in [6.45, 7) is 0. The van der Waals surface area contributed by atoms with Crippen LogP contribution < -0.4 is 11.1 Å². The van der Waals surface area contributed by atoms with E-state index >= 15 is 0 Å². The number of carbonyl (C=O) groups is 1. The molecule has 2 aliphatic rings. The second-order valence-corrected chi connectivity index (χ2v) is 4.41. The van der Waals surface area contributed by atoms with Gasteiger partial charge in [0.05, 0.1) is 17.3 Å². The predicted molar refractivity (Wildman–Crippen MR) is 57.4 cm³/mol. The highest BCUT2D eigenvalue weighted by Gasteiger charge is 2.49. The van der Waals surface area contributed by atoms with Crippen LogP contribution in [0.4, 0.5) is 11.5 Å². The van der Waals surface area contributed by atoms with Crippen LogP contribution in [0.5, 0.6) is 0 Å². The van der Waals surface area contributed by atoms with Crippen molar-refractivity contribution in [1.29, 1.82) is 0 Å². The molecule has 4 heteroatoms. The van der Waals surface area contributed by atoms with E-state index in [1.54, 1.807) is 6.20 Å². The number of nitrogens with two attached hydrogens (primary N) is 1. The van der Waals surface area contributed by atoms with E-state index in [-0.39, 0.29) is 11.3 Å². The van der Waals surface area contributed by atoms with Crippen LogP contribution in [-0.2, 0) is 10.2 Å². The molecule has 4 nitrogen and oxygen atoms in total. The van der Waals surface area contributed by atoms with Gasteiger partial charge in [0.15, 0.2) is 0 Å². The Morgan fingerprint density at radius 2 is 2.13 bits per heavy atom. The normalized spacial score (nSPS) is 21.7. The summed E-state index contributed by atoms with van der Waals surface area (Å²) in [5.74, 6) is 0.809. The van der Waals surface area contributed by atoms with Crippen LogP contribution in [0.1, 0.15) is 31.2 Å². The van der Waals surface area contributed by atoms with Gasteiger partial charge in [0.2, 0.25) is 5.91 Å². The average molecular weight is 203 g/mol. The zero-order valence-corrected chi connectivity index (χ0v) is 8.42. The predicted octanol–water partition coefficient (Wildman–Crippen LogP) is 1.43. The van der Waals surface area contributed by atoms with Crippen LogP contribution >= 0.6 is 0 Å². The molecule has 2 heterocycles. The van der Waals surface area contributed by atoms with Crippen molar-refractivity contribution in [2.24, 2.45) is 0 Å². The van der Waals surface area contributed by atoms with Crippen molar-refractivity contribution < 1.29 is 4.79 Å². The van der Waals surface area contributed by atoms with Crippen LogP contribution in [0.3, 0.4) is 0 Å². The van der Waals surface area contributed by atoms with E-state index in [4.69, 9.17) is 5.73 Å². The molecule has 1 saturated carbocycles. The first-order chi connectivity index (χ1) is 7.22. The lowest BCUT2D eigenvalue weighted by Crippen LogP contribution is -2.30. The minimum Gasteiger partial charge on any atom is -0.397 e. The number of nitrogen functional groups attached to an aromatic ring is 1. The van der Waals surface area contributed by atoms with Gasteiger partial charge in [0.1, 0.15) is 5.82 Å². The van der Waals surface area contributed by atoms with E-state index in [0.29, 0.717) is 11.5 Å². The minimum atomic E-state index is -0.322. The Balaban J connectivity index is 2.19. The molecule has 0 aromatic carbocycles. The van der Waals surface area contributed by atoms with Crippen molar-refractivity contribution >= 4 is 17.4 Å². The van der Waals surface area contributed by atoms with Crippen molar-refractivity contribution in [1.82, 2.24) is 4.98 Å². The van der Waals surface area contributed by atoms with Crippen LogP contribution in [0, 0.1) is 0 Å². The number of nitrogens with zero attached hydrogens (tertiary/aromatic N) is 1. The first-order valence-electron chi connectivity index (χ1n) is 5.30. The zero-order chi connectivity index (χ0) is 10.5. The van der Waals surface area contributed by atoms with Gasteiger partial charge in [-0.05, 0) is 18.9 Å². The van der Waals surface area contributed by atoms with Crippen LogP contribution in [0.2, 0.25) is 0 Å². The Bertz CT molecular complexity index is 435. The SMILES string of the molecule is Nc1cnc2c(c1)C1(CCCC1)C(=O)N2. The van der Waals surface area contributed by atoms with Gasteiger partial charge in [0, 0.05) is 5.56 Å². The molecule has 1 fully saturated rings. The van der Waals surface area contributed by atoms with Crippen LogP contribution in [0.25, 0.3) is 0 Å². The van der Waals surface area contributed by atoms with Crippen molar-refractivity contribution in [2.45, 2.75) is 31.1 Å². The summed E-state index contributed by atoms with van der Waals surface area (Å²) in [6.07, 6.45) is 5.67. The quantitative estimate of drug-likeness (QED) is 0.670. The third-order valence-electron chi connectivity index (χ3n) is 3.55. The number of carbonyl (C=O) groups excluding carboxylic acids is 1. The molecule has 78 valence electrons. The van der Waals surface area contributed by atoms with Gasteiger partial charge in [-0.25, -0.2) is 4.98 Å². The van der Waals surface area contributed by atoms with Crippen molar-refractivity contribution in [3.8, 4) is 0 Å². The Morgan fingerprint density at radius 1 is 1.40 bits per heavy atom. The Labute approximate surface area is 87.9 Å². The third kappa shape index (κ3) is 1.02. The average Bonchev–Trinajstić information content (AvgIpc) is 2.78. The Hall–Kier alpha value is -1.58. The van der Waals surface area contributed by atoms with Crippen LogP contribution in [0.15, 0.2) is 12.3 Å². The number of nitrogens with one attached hydrogen (secondary N) is 1. The Morgan fingerprint density at radius 3 is 2.87 bits per heavy atom. The van der Waals surface area contributed by atoms with E-state index in [1.165, 1.54) is 0 Å². The summed E-state index contributed by atoms with van der Waals surface area (Å²) < 4.78 is 0. The maximum Gasteiger partial charge on any atom is 0.236 e. The van der Waals surface area contributed by atoms with Gasteiger partial charge in [0.25, 0.3) is 0 Å². The van der Waals surface area contributed by atoms with E-state index < -0.39 is 0 Å². The van der Waals surface area contributed by atoms with E-state index in [1.807, 2.05) is 6.07 Å². The topological polar surface area (TPSA) is 68.0 Å². The molecule has 1 aliphatic heterocycles. The number of rotatable bonds is 0. The molecule has 3 N–H and O–H groups in total. The molecule has 0 radical (unpaired) electrons. The van der Waals surface area contributed by atoms with E-state index in [2.05, 4.69) is 10.3 Å². The van der Waals surface area contributed by atoms with Gasteiger partial charge in [-0.1, -0.05) is 12.8 Å². The molecule has 1 spiro atoms. The second-order valence-electron chi connectivity index (χ2n) is 4.41. The number of pyridine rings is 1. The molecule has 0 atom stereocenters. The fourth-order valence-corrected chi connectivity index (χ4v) is 2.77. The van der Waals surface area contributed by atoms with Gasteiger partial charge < -0.3 is 11.1 Å². The largest absolute Gasteiger partial charge is 0.397 e. The summed E-state index contributed by atoms with van der Waals surface area (Å²) in [6, 6.07) is 1.89. The molecular weight excluding hydrogens is 190 g/mol. The second kappa shape index (κ2) is 2.72. The first-order valence-corrected chi connectivity index (χ1v) is 5.30. The molecule has 0 saturated heterocycles. The molecule has 0 bridgehead atoms. The summed E-state index contributed by atoms with van der Waals surface area (Å²) in [7, 11) is 0. The lowest BCUT2D eigenvalue weighted by Gasteiger charge is -2.20. The number of aromatic nitrogens is 1. The lowest BCUT2D eigenvalue weighted by molar-refractivity contribution is -0.120.